The number of hydrogen-bond donors (Lipinski definition) is 1. The summed E-state index contributed by atoms with van der Waals surface area (Å²) in [6.45, 7) is 11.7. The van der Waals surface area contributed by atoms with Crippen molar-refractivity contribution in [2.45, 2.75) is 52.3 Å². The SMILES string of the molecule is Cc1nc(C)c(C(C)NCCS(=O)(=O)C(C)(C)C)s1. The summed E-state index contributed by atoms with van der Waals surface area (Å²) in [7, 11) is -3.06. The number of aryl methyl sites for hydroxylation is 2. The van der Waals surface area contributed by atoms with Crippen molar-refractivity contribution < 1.29 is 8.42 Å². The molecule has 0 aromatic carbocycles. The van der Waals surface area contributed by atoms with Crippen LogP contribution < -0.4 is 5.32 Å². The molecule has 19 heavy (non-hydrogen) atoms. The van der Waals surface area contributed by atoms with E-state index in [9.17, 15) is 8.42 Å². The third kappa shape index (κ3) is 4.26. The Balaban J connectivity index is 2.57. The Morgan fingerprint density at radius 1 is 1.32 bits per heavy atom. The van der Waals surface area contributed by atoms with Crippen LogP contribution in [0.5, 0.6) is 0 Å². The predicted octanol–water partition coefficient (Wildman–Crippen LogP) is 2.62. The van der Waals surface area contributed by atoms with Gasteiger partial charge in [0, 0.05) is 17.5 Å². The van der Waals surface area contributed by atoms with Crippen molar-refractivity contribution in [3.8, 4) is 0 Å². The molecule has 0 spiro atoms. The molecule has 1 rings (SSSR count). The van der Waals surface area contributed by atoms with Gasteiger partial charge in [0.05, 0.1) is 21.2 Å². The predicted molar refractivity (Wildman–Crippen MR) is 81.5 cm³/mol. The molecule has 6 heteroatoms. The van der Waals surface area contributed by atoms with E-state index in [4.69, 9.17) is 0 Å². The molecule has 0 radical (unpaired) electrons. The third-order valence-corrected chi connectivity index (χ3v) is 6.95. The molecular weight excluding hydrogens is 280 g/mol. The smallest absolute Gasteiger partial charge is 0.156 e. The molecule has 0 saturated heterocycles. The maximum Gasteiger partial charge on any atom is 0.156 e. The second-order valence-electron chi connectivity index (χ2n) is 5.79. The van der Waals surface area contributed by atoms with Crippen LogP contribution in [0.4, 0.5) is 0 Å². The van der Waals surface area contributed by atoms with Crippen molar-refractivity contribution >= 4 is 21.2 Å². The van der Waals surface area contributed by atoms with Crippen molar-refractivity contribution in [1.82, 2.24) is 10.3 Å². The minimum atomic E-state index is -3.06. The van der Waals surface area contributed by atoms with Crippen molar-refractivity contribution in [3.63, 3.8) is 0 Å². The molecule has 1 aromatic rings. The monoisotopic (exact) mass is 304 g/mol. The van der Waals surface area contributed by atoms with Crippen LogP contribution in [-0.2, 0) is 9.84 Å². The lowest BCUT2D eigenvalue weighted by Crippen LogP contribution is -2.35. The van der Waals surface area contributed by atoms with Gasteiger partial charge in [-0.05, 0) is 41.5 Å². The van der Waals surface area contributed by atoms with E-state index in [1.165, 1.54) is 4.88 Å². The minimum absolute atomic E-state index is 0.140. The largest absolute Gasteiger partial charge is 0.308 e. The normalized spacial score (nSPS) is 14.6. The van der Waals surface area contributed by atoms with E-state index in [2.05, 4.69) is 10.3 Å². The highest BCUT2D eigenvalue weighted by Crippen LogP contribution is 2.24. The first-order valence-corrected chi connectivity index (χ1v) is 8.91. The number of nitrogens with one attached hydrogen (secondary N) is 1. The van der Waals surface area contributed by atoms with E-state index < -0.39 is 14.6 Å². The molecular formula is C13H24N2O2S2. The van der Waals surface area contributed by atoms with Crippen molar-refractivity contribution in [2.75, 3.05) is 12.3 Å². The first-order valence-electron chi connectivity index (χ1n) is 6.44. The van der Waals surface area contributed by atoms with Gasteiger partial charge in [-0.15, -0.1) is 11.3 Å². The second kappa shape index (κ2) is 5.89. The topological polar surface area (TPSA) is 59.1 Å². The number of thiazole rings is 1. The first-order chi connectivity index (χ1) is 8.54. The zero-order valence-corrected chi connectivity index (χ0v) is 14.2. The van der Waals surface area contributed by atoms with E-state index in [-0.39, 0.29) is 11.8 Å². The summed E-state index contributed by atoms with van der Waals surface area (Å²) < 4.78 is 23.3. The van der Waals surface area contributed by atoms with Gasteiger partial charge in [-0.2, -0.15) is 0 Å². The summed E-state index contributed by atoms with van der Waals surface area (Å²) in [6.07, 6.45) is 0. The molecule has 0 aliphatic heterocycles. The fraction of sp³-hybridized carbons (Fsp3) is 0.769. The van der Waals surface area contributed by atoms with E-state index in [1.807, 2.05) is 20.8 Å². The number of hydrogen-bond acceptors (Lipinski definition) is 5. The Labute approximate surface area is 120 Å². The van der Waals surface area contributed by atoms with Gasteiger partial charge in [-0.3, -0.25) is 0 Å². The third-order valence-electron chi connectivity index (χ3n) is 3.09. The summed E-state index contributed by atoms with van der Waals surface area (Å²) in [5, 5.41) is 4.32. The molecule has 1 atom stereocenters. The van der Waals surface area contributed by atoms with Gasteiger partial charge in [0.15, 0.2) is 9.84 Å². The van der Waals surface area contributed by atoms with Crippen molar-refractivity contribution in [2.24, 2.45) is 0 Å². The van der Waals surface area contributed by atoms with Crippen LogP contribution in [0.2, 0.25) is 0 Å². The minimum Gasteiger partial charge on any atom is -0.308 e. The van der Waals surface area contributed by atoms with Crippen molar-refractivity contribution in [3.05, 3.63) is 15.6 Å². The quantitative estimate of drug-likeness (QED) is 0.908. The summed E-state index contributed by atoms with van der Waals surface area (Å²) >= 11 is 1.66. The molecule has 110 valence electrons. The van der Waals surface area contributed by atoms with Gasteiger partial charge in [-0.25, -0.2) is 13.4 Å². The molecule has 1 N–H and O–H groups in total. The highest BCUT2D eigenvalue weighted by molar-refractivity contribution is 7.92. The average Bonchev–Trinajstić information content (AvgIpc) is 2.55. The molecule has 0 fully saturated rings. The van der Waals surface area contributed by atoms with E-state index in [0.29, 0.717) is 6.54 Å². The summed E-state index contributed by atoms with van der Waals surface area (Å²) in [5.74, 6) is 0.164. The van der Waals surface area contributed by atoms with Gasteiger partial charge < -0.3 is 5.32 Å². The molecule has 1 unspecified atom stereocenters. The molecule has 4 nitrogen and oxygen atoms in total. The fourth-order valence-electron chi connectivity index (χ4n) is 1.76. The molecule has 0 aliphatic carbocycles. The maximum absolute atomic E-state index is 12.0. The van der Waals surface area contributed by atoms with Gasteiger partial charge in [0.1, 0.15) is 0 Å². The molecule has 0 bridgehead atoms. The zero-order valence-electron chi connectivity index (χ0n) is 12.6. The van der Waals surface area contributed by atoms with Gasteiger partial charge in [-0.1, -0.05) is 0 Å². The van der Waals surface area contributed by atoms with Crippen LogP contribution in [0.25, 0.3) is 0 Å². The Bertz CT molecular complexity index is 527. The second-order valence-corrected chi connectivity index (χ2v) is 9.89. The number of aromatic nitrogens is 1. The van der Waals surface area contributed by atoms with Gasteiger partial charge in [0.25, 0.3) is 0 Å². The van der Waals surface area contributed by atoms with Crippen LogP contribution in [0.15, 0.2) is 0 Å². The van der Waals surface area contributed by atoms with Crippen LogP contribution in [0.3, 0.4) is 0 Å². The summed E-state index contributed by atoms with van der Waals surface area (Å²) in [5.41, 5.74) is 1.03. The van der Waals surface area contributed by atoms with Gasteiger partial charge in [0.2, 0.25) is 0 Å². The molecule has 1 heterocycles. The van der Waals surface area contributed by atoms with Crippen LogP contribution in [0.1, 0.15) is 49.3 Å². The van der Waals surface area contributed by atoms with Crippen LogP contribution in [0, 0.1) is 13.8 Å². The molecule has 1 aromatic heterocycles. The molecule has 0 aliphatic rings. The fourth-order valence-corrected chi connectivity index (χ4v) is 3.71. The number of nitrogens with zero attached hydrogens (tertiary/aromatic N) is 1. The van der Waals surface area contributed by atoms with Crippen LogP contribution >= 0.6 is 11.3 Å². The maximum atomic E-state index is 12.0. The van der Waals surface area contributed by atoms with E-state index in [0.717, 1.165) is 10.7 Å². The zero-order chi connectivity index (χ0) is 14.8. The Kier molecular flexibility index (Phi) is 5.15. The lowest BCUT2D eigenvalue weighted by atomic mass is 10.2. The lowest BCUT2D eigenvalue weighted by molar-refractivity contribution is 0.547. The van der Waals surface area contributed by atoms with Crippen LogP contribution in [-0.4, -0.2) is 30.4 Å². The Hall–Kier alpha value is -0.460. The Morgan fingerprint density at radius 2 is 1.89 bits per heavy atom. The van der Waals surface area contributed by atoms with Crippen molar-refractivity contribution in [1.29, 1.82) is 0 Å². The lowest BCUT2D eigenvalue weighted by Gasteiger charge is -2.20. The average molecular weight is 304 g/mol. The number of sulfone groups is 1. The standard InChI is InChI=1S/C13H24N2O2S2/c1-9(12-10(2)15-11(3)18-12)14-7-8-19(16,17)13(4,5)6/h9,14H,7-8H2,1-6H3. The molecule has 0 saturated carbocycles. The van der Waals surface area contributed by atoms with Gasteiger partial charge >= 0.3 is 0 Å². The summed E-state index contributed by atoms with van der Waals surface area (Å²) in [4.78, 5) is 5.57. The first kappa shape index (κ1) is 16.6. The summed E-state index contributed by atoms with van der Waals surface area (Å²) in [6, 6.07) is 0.140. The number of rotatable bonds is 5. The highest BCUT2D eigenvalue weighted by atomic mass is 32.2. The Morgan fingerprint density at radius 3 is 2.32 bits per heavy atom. The van der Waals surface area contributed by atoms with E-state index >= 15 is 0 Å². The highest BCUT2D eigenvalue weighted by Gasteiger charge is 2.28. The van der Waals surface area contributed by atoms with E-state index in [1.54, 1.807) is 32.1 Å². The molecule has 0 amide bonds.